The smallest absolute Gasteiger partial charge is 0.279 e. The molecule has 138 valence electrons. The number of nitrogens with zero attached hydrogens (tertiary/aromatic N) is 2. The van der Waals surface area contributed by atoms with E-state index < -0.39 is 6.10 Å². The number of fused-ring (bicyclic) bond motifs is 2. The van der Waals surface area contributed by atoms with E-state index in [1.54, 1.807) is 36.4 Å². The predicted octanol–water partition coefficient (Wildman–Crippen LogP) is 2.52. The Morgan fingerprint density at radius 3 is 2.96 bits per heavy atom. The highest BCUT2D eigenvalue weighted by Crippen LogP contribution is 2.31. The SMILES string of the molecule is CCn1c(NNC(=O)C2Cc3cc(Cl)ccc3O2)nc2ccccc2c1=O. The Balaban J connectivity index is 1.52. The number of hydrogen-bond donors (Lipinski definition) is 2. The number of amides is 1. The van der Waals surface area contributed by atoms with Crippen LogP contribution in [0, 0.1) is 0 Å². The van der Waals surface area contributed by atoms with Crippen LogP contribution in [0.15, 0.2) is 47.3 Å². The summed E-state index contributed by atoms with van der Waals surface area (Å²) in [7, 11) is 0. The van der Waals surface area contributed by atoms with Crippen molar-refractivity contribution in [1.82, 2.24) is 15.0 Å². The van der Waals surface area contributed by atoms with Gasteiger partial charge in [-0.05, 0) is 42.8 Å². The van der Waals surface area contributed by atoms with Crippen molar-refractivity contribution in [3.8, 4) is 5.75 Å². The number of hydrazine groups is 1. The van der Waals surface area contributed by atoms with Crippen LogP contribution in [0.2, 0.25) is 5.02 Å². The van der Waals surface area contributed by atoms with Crippen molar-refractivity contribution in [2.45, 2.75) is 26.0 Å². The van der Waals surface area contributed by atoms with Crippen LogP contribution in [0.25, 0.3) is 10.9 Å². The molecule has 0 bridgehead atoms. The third-order valence-electron chi connectivity index (χ3n) is 4.46. The van der Waals surface area contributed by atoms with Crippen molar-refractivity contribution in [2.75, 3.05) is 5.43 Å². The lowest BCUT2D eigenvalue weighted by atomic mass is 10.1. The maximum atomic E-state index is 12.6. The molecule has 1 atom stereocenters. The molecule has 2 N–H and O–H groups in total. The summed E-state index contributed by atoms with van der Waals surface area (Å²) >= 11 is 5.98. The lowest BCUT2D eigenvalue weighted by Crippen LogP contribution is -2.42. The zero-order valence-corrected chi connectivity index (χ0v) is 15.3. The van der Waals surface area contributed by atoms with Crippen LogP contribution in [0.3, 0.4) is 0 Å². The first kappa shape index (κ1) is 17.4. The molecule has 7 nitrogen and oxygen atoms in total. The van der Waals surface area contributed by atoms with Crippen LogP contribution in [0.5, 0.6) is 5.75 Å². The Morgan fingerprint density at radius 2 is 2.15 bits per heavy atom. The van der Waals surface area contributed by atoms with E-state index in [0.717, 1.165) is 5.56 Å². The van der Waals surface area contributed by atoms with E-state index in [-0.39, 0.29) is 17.4 Å². The van der Waals surface area contributed by atoms with E-state index in [9.17, 15) is 9.59 Å². The van der Waals surface area contributed by atoms with Crippen LogP contribution >= 0.6 is 11.6 Å². The summed E-state index contributed by atoms with van der Waals surface area (Å²) in [6, 6.07) is 12.3. The minimum Gasteiger partial charge on any atom is -0.480 e. The summed E-state index contributed by atoms with van der Waals surface area (Å²) in [5.74, 6) is 0.564. The highest BCUT2D eigenvalue weighted by Gasteiger charge is 2.29. The Bertz CT molecular complexity index is 1100. The van der Waals surface area contributed by atoms with Crippen molar-refractivity contribution in [2.24, 2.45) is 0 Å². The molecule has 1 aliphatic rings. The third kappa shape index (κ3) is 3.21. The summed E-state index contributed by atoms with van der Waals surface area (Å²) in [4.78, 5) is 29.5. The number of anilines is 1. The van der Waals surface area contributed by atoms with Crippen LogP contribution in [0.4, 0.5) is 5.95 Å². The molecule has 8 heteroatoms. The Labute approximate surface area is 159 Å². The number of carbonyl (C=O) groups excluding carboxylic acids is 1. The number of halogens is 1. The number of benzene rings is 2. The van der Waals surface area contributed by atoms with Crippen molar-refractivity contribution >= 4 is 34.4 Å². The average Bonchev–Trinajstić information content (AvgIpc) is 3.09. The molecular formula is C19H17ClN4O3. The fourth-order valence-corrected chi connectivity index (χ4v) is 3.31. The van der Waals surface area contributed by atoms with Gasteiger partial charge in [-0.3, -0.25) is 25.0 Å². The summed E-state index contributed by atoms with van der Waals surface area (Å²) in [5, 5.41) is 1.13. The normalized spacial score (nSPS) is 15.3. The maximum Gasteiger partial charge on any atom is 0.279 e. The lowest BCUT2D eigenvalue weighted by Gasteiger charge is -2.16. The van der Waals surface area contributed by atoms with Gasteiger partial charge in [0.25, 0.3) is 11.5 Å². The van der Waals surface area contributed by atoms with Gasteiger partial charge in [-0.15, -0.1) is 0 Å². The highest BCUT2D eigenvalue weighted by molar-refractivity contribution is 6.30. The third-order valence-corrected chi connectivity index (χ3v) is 4.70. The second kappa shape index (κ2) is 6.92. The first-order valence-corrected chi connectivity index (χ1v) is 8.95. The molecular weight excluding hydrogens is 368 g/mol. The molecule has 0 radical (unpaired) electrons. The van der Waals surface area contributed by atoms with Gasteiger partial charge < -0.3 is 4.74 Å². The summed E-state index contributed by atoms with van der Waals surface area (Å²) in [6.07, 6.45) is -0.247. The molecule has 0 saturated carbocycles. The van der Waals surface area contributed by atoms with E-state index in [1.165, 1.54) is 4.57 Å². The van der Waals surface area contributed by atoms with Crippen molar-refractivity contribution in [3.63, 3.8) is 0 Å². The van der Waals surface area contributed by atoms with Crippen LogP contribution < -0.4 is 21.1 Å². The number of nitrogens with one attached hydrogen (secondary N) is 2. The molecule has 0 aliphatic carbocycles. The molecule has 27 heavy (non-hydrogen) atoms. The molecule has 1 amide bonds. The van der Waals surface area contributed by atoms with Gasteiger partial charge in [0, 0.05) is 18.0 Å². The molecule has 4 rings (SSSR count). The standard InChI is InChI=1S/C19H17ClN4O3/c1-2-24-18(26)13-5-3-4-6-14(13)21-19(24)23-22-17(25)16-10-11-9-12(20)7-8-15(11)27-16/h3-9,16H,2,10H2,1H3,(H,21,23)(H,22,25). The minimum atomic E-state index is -0.673. The van der Waals surface area contributed by atoms with Gasteiger partial charge in [-0.25, -0.2) is 4.98 Å². The van der Waals surface area contributed by atoms with E-state index in [2.05, 4.69) is 15.8 Å². The second-order valence-electron chi connectivity index (χ2n) is 6.18. The van der Waals surface area contributed by atoms with E-state index in [0.29, 0.717) is 34.6 Å². The second-order valence-corrected chi connectivity index (χ2v) is 6.62. The maximum absolute atomic E-state index is 12.6. The van der Waals surface area contributed by atoms with Gasteiger partial charge in [0.15, 0.2) is 6.10 Å². The molecule has 1 aromatic heterocycles. The van der Waals surface area contributed by atoms with Crippen molar-refractivity contribution in [3.05, 3.63) is 63.4 Å². The summed E-state index contributed by atoms with van der Waals surface area (Å²) < 4.78 is 7.13. The topological polar surface area (TPSA) is 85.2 Å². The Hall–Kier alpha value is -3.06. The molecule has 1 unspecified atom stereocenters. The number of rotatable bonds is 4. The van der Waals surface area contributed by atoms with E-state index >= 15 is 0 Å². The van der Waals surface area contributed by atoms with Crippen LogP contribution in [-0.4, -0.2) is 21.6 Å². The van der Waals surface area contributed by atoms with Gasteiger partial charge in [-0.2, -0.15) is 0 Å². The molecule has 2 heterocycles. The number of para-hydroxylation sites is 1. The van der Waals surface area contributed by atoms with Crippen molar-refractivity contribution < 1.29 is 9.53 Å². The molecule has 0 saturated heterocycles. The predicted molar refractivity (Wildman–Crippen MR) is 103 cm³/mol. The van der Waals surface area contributed by atoms with Gasteiger partial charge in [0.1, 0.15) is 5.75 Å². The fourth-order valence-electron chi connectivity index (χ4n) is 3.12. The minimum absolute atomic E-state index is 0.168. The van der Waals surface area contributed by atoms with Gasteiger partial charge in [0.2, 0.25) is 5.95 Å². The largest absolute Gasteiger partial charge is 0.480 e. The number of carbonyl (C=O) groups is 1. The van der Waals surface area contributed by atoms with E-state index in [1.807, 2.05) is 13.0 Å². The molecule has 2 aromatic carbocycles. The van der Waals surface area contributed by atoms with Crippen molar-refractivity contribution in [1.29, 1.82) is 0 Å². The highest BCUT2D eigenvalue weighted by atomic mass is 35.5. The van der Waals surface area contributed by atoms with Gasteiger partial charge in [0.05, 0.1) is 10.9 Å². The van der Waals surface area contributed by atoms with E-state index in [4.69, 9.17) is 16.3 Å². The average molecular weight is 385 g/mol. The quantitative estimate of drug-likeness (QED) is 0.675. The zero-order chi connectivity index (χ0) is 19.0. The van der Waals surface area contributed by atoms with Gasteiger partial charge in [-0.1, -0.05) is 23.7 Å². The lowest BCUT2D eigenvalue weighted by molar-refractivity contribution is -0.126. The number of hydrogen-bond acceptors (Lipinski definition) is 5. The molecule has 0 fully saturated rings. The Kier molecular flexibility index (Phi) is 4.45. The van der Waals surface area contributed by atoms with Crippen LogP contribution in [-0.2, 0) is 17.8 Å². The summed E-state index contributed by atoms with van der Waals surface area (Å²) in [6.45, 7) is 2.25. The fraction of sp³-hybridized carbons (Fsp3) is 0.211. The van der Waals surface area contributed by atoms with Crippen LogP contribution in [0.1, 0.15) is 12.5 Å². The number of aromatic nitrogens is 2. The Morgan fingerprint density at radius 1 is 1.33 bits per heavy atom. The first-order chi connectivity index (χ1) is 13.1. The molecule has 3 aromatic rings. The number of ether oxygens (including phenoxy) is 1. The molecule has 1 aliphatic heterocycles. The monoisotopic (exact) mass is 384 g/mol. The molecule has 0 spiro atoms. The first-order valence-electron chi connectivity index (χ1n) is 8.57. The summed E-state index contributed by atoms with van der Waals surface area (Å²) in [5.41, 5.74) is 6.62. The zero-order valence-electron chi connectivity index (χ0n) is 14.5. The van der Waals surface area contributed by atoms with Gasteiger partial charge >= 0.3 is 0 Å².